The molecule has 2 aliphatic rings. The molecule has 3 unspecified atom stereocenters. The molecule has 126 valence electrons. The Labute approximate surface area is 136 Å². The van der Waals surface area contributed by atoms with E-state index >= 15 is 0 Å². The van der Waals surface area contributed by atoms with Gasteiger partial charge in [-0.3, -0.25) is 10.2 Å². The molecule has 2 aliphatic heterocycles. The average Bonchev–Trinajstić information content (AvgIpc) is 2.97. The minimum absolute atomic E-state index is 0.0175. The van der Waals surface area contributed by atoms with Crippen molar-refractivity contribution < 1.29 is 9.18 Å². The molecule has 2 heterocycles. The topological polar surface area (TPSA) is 65.2 Å². The summed E-state index contributed by atoms with van der Waals surface area (Å²) in [6.07, 6.45) is 1.03. The number of piperidine rings is 1. The fraction of sp³-hybridized carbons (Fsp3) is 0.588. The Morgan fingerprint density at radius 1 is 1.30 bits per heavy atom. The van der Waals surface area contributed by atoms with Gasteiger partial charge in [-0.15, -0.1) is 0 Å². The fourth-order valence-electron chi connectivity index (χ4n) is 3.40. The van der Waals surface area contributed by atoms with Crippen molar-refractivity contribution in [2.24, 2.45) is 5.92 Å². The van der Waals surface area contributed by atoms with Crippen molar-refractivity contribution in [2.75, 3.05) is 19.6 Å². The van der Waals surface area contributed by atoms with E-state index in [9.17, 15) is 9.18 Å². The molecular weight excluding hydrogens is 295 g/mol. The van der Waals surface area contributed by atoms with E-state index in [1.807, 2.05) is 13.8 Å². The minimum atomic E-state index is -0.250. The third-order valence-electron chi connectivity index (χ3n) is 4.99. The fourth-order valence-corrected chi connectivity index (χ4v) is 3.40. The maximum atomic E-state index is 13.1. The number of hydrogen-bond acceptors (Lipinski definition) is 4. The highest BCUT2D eigenvalue weighted by molar-refractivity contribution is 5.82. The second kappa shape index (κ2) is 6.55. The molecular formula is C17H25FN4O. The standard InChI is InChI=1S/C17H25FN4O/c1-17(2,11-3-5-12(18)6-4-11)10-20-16(23)15-13-9-19-8-7-14(13)21-22-15/h3-6,13-15,19,21-22H,7-10H2,1-2H3,(H,20,23). The summed E-state index contributed by atoms with van der Waals surface area (Å²) < 4.78 is 13.1. The predicted molar refractivity (Wildman–Crippen MR) is 87.3 cm³/mol. The second-order valence-electron chi connectivity index (χ2n) is 7.14. The number of carbonyl (C=O) groups is 1. The molecule has 6 heteroatoms. The Morgan fingerprint density at radius 3 is 2.78 bits per heavy atom. The molecule has 0 saturated carbocycles. The number of halogens is 1. The SMILES string of the molecule is CC(C)(CNC(=O)C1NNC2CCNCC21)c1ccc(F)cc1. The van der Waals surface area contributed by atoms with Crippen molar-refractivity contribution in [1.29, 1.82) is 0 Å². The monoisotopic (exact) mass is 320 g/mol. The summed E-state index contributed by atoms with van der Waals surface area (Å²) in [5.41, 5.74) is 7.12. The van der Waals surface area contributed by atoms with Crippen LogP contribution < -0.4 is 21.5 Å². The smallest absolute Gasteiger partial charge is 0.238 e. The number of fused-ring (bicyclic) bond motifs is 1. The lowest BCUT2D eigenvalue weighted by molar-refractivity contribution is -0.124. The maximum absolute atomic E-state index is 13.1. The van der Waals surface area contributed by atoms with E-state index in [0.717, 1.165) is 25.1 Å². The summed E-state index contributed by atoms with van der Waals surface area (Å²) in [6, 6.07) is 6.61. The largest absolute Gasteiger partial charge is 0.354 e. The summed E-state index contributed by atoms with van der Waals surface area (Å²) in [4.78, 5) is 12.5. The molecule has 2 saturated heterocycles. The van der Waals surface area contributed by atoms with E-state index in [4.69, 9.17) is 0 Å². The molecule has 5 nitrogen and oxygen atoms in total. The van der Waals surface area contributed by atoms with Crippen molar-refractivity contribution in [2.45, 2.75) is 37.8 Å². The lowest BCUT2D eigenvalue weighted by Crippen LogP contribution is -2.51. The van der Waals surface area contributed by atoms with Gasteiger partial charge < -0.3 is 10.6 Å². The molecule has 4 N–H and O–H groups in total. The minimum Gasteiger partial charge on any atom is -0.354 e. The molecule has 2 fully saturated rings. The summed E-state index contributed by atoms with van der Waals surface area (Å²) in [7, 11) is 0. The maximum Gasteiger partial charge on any atom is 0.238 e. The molecule has 0 bridgehead atoms. The van der Waals surface area contributed by atoms with Crippen LogP contribution in [-0.4, -0.2) is 37.6 Å². The average molecular weight is 320 g/mol. The van der Waals surface area contributed by atoms with E-state index in [1.54, 1.807) is 12.1 Å². The zero-order chi connectivity index (χ0) is 16.4. The number of rotatable bonds is 4. The highest BCUT2D eigenvalue weighted by atomic mass is 19.1. The van der Waals surface area contributed by atoms with Gasteiger partial charge in [0.05, 0.1) is 0 Å². The lowest BCUT2D eigenvalue weighted by Gasteiger charge is -2.29. The zero-order valence-corrected chi connectivity index (χ0v) is 13.7. The molecule has 3 rings (SSSR count). The Balaban J connectivity index is 1.59. The van der Waals surface area contributed by atoms with Crippen molar-refractivity contribution in [1.82, 2.24) is 21.5 Å². The number of carbonyl (C=O) groups excluding carboxylic acids is 1. The molecule has 3 atom stereocenters. The van der Waals surface area contributed by atoms with Crippen molar-refractivity contribution in [3.8, 4) is 0 Å². The van der Waals surface area contributed by atoms with Crippen LogP contribution in [0, 0.1) is 11.7 Å². The van der Waals surface area contributed by atoms with E-state index in [0.29, 0.717) is 12.6 Å². The van der Waals surface area contributed by atoms with Gasteiger partial charge in [-0.25, -0.2) is 9.82 Å². The van der Waals surface area contributed by atoms with Crippen LogP contribution in [0.1, 0.15) is 25.8 Å². The Bertz CT molecular complexity index is 560. The van der Waals surface area contributed by atoms with Crippen molar-refractivity contribution >= 4 is 5.91 Å². The normalized spacial score (nSPS) is 27.5. The van der Waals surface area contributed by atoms with Crippen LogP contribution in [0.4, 0.5) is 4.39 Å². The predicted octanol–water partition coefficient (Wildman–Crippen LogP) is 0.674. The number of benzene rings is 1. The second-order valence-corrected chi connectivity index (χ2v) is 7.14. The van der Waals surface area contributed by atoms with Crippen molar-refractivity contribution in [3.63, 3.8) is 0 Å². The van der Waals surface area contributed by atoms with Gasteiger partial charge in [-0.05, 0) is 30.7 Å². The van der Waals surface area contributed by atoms with Gasteiger partial charge in [-0.2, -0.15) is 0 Å². The van der Waals surface area contributed by atoms with E-state index in [1.165, 1.54) is 12.1 Å². The molecule has 0 spiro atoms. The Morgan fingerprint density at radius 2 is 2.04 bits per heavy atom. The van der Waals surface area contributed by atoms with Gasteiger partial charge >= 0.3 is 0 Å². The molecule has 23 heavy (non-hydrogen) atoms. The number of hydrazine groups is 1. The van der Waals surface area contributed by atoms with Crippen LogP contribution in [0.25, 0.3) is 0 Å². The first-order valence-electron chi connectivity index (χ1n) is 8.23. The molecule has 0 aromatic heterocycles. The number of nitrogens with one attached hydrogen (secondary N) is 4. The third kappa shape index (κ3) is 3.54. The van der Waals surface area contributed by atoms with Gasteiger partial charge in [-0.1, -0.05) is 26.0 Å². The van der Waals surface area contributed by atoms with Crippen molar-refractivity contribution in [3.05, 3.63) is 35.6 Å². The highest BCUT2D eigenvalue weighted by Crippen LogP contribution is 2.23. The third-order valence-corrected chi connectivity index (χ3v) is 4.99. The summed E-state index contributed by atoms with van der Waals surface area (Å²) >= 11 is 0. The van der Waals surface area contributed by atoms with Gasteiger partial charge in [0.1, 0.15) is 11.9 Å². The van der Waals surface area contributed by atoms with E-state index < -0.39 is 0 Å². The number of amides is 1. The number of hydrogen-bond donors (Lipinski definition) is 4. The molecule has 0 radical (unpaired) electrons. The molecule has 0 aliphatic carbocycles. The molecule has 1 amide bonds. The Kier molecular flexibility index (Phi) is 4.66. The van der Waals surface area contributed by atoms with E-state index in [-0.39, 0.29) is 29.1 Å². The quantitative estimate of drug-likeness (QED) is 0.659. The van der Waals surface area contributed by atoms with Crippen LogP contribution >= 0.6 is 0 Å². The van der Waals surface area contributed by atoms with Crippen LogP contribution in [0.3, 0.4) is 0 Å². The summed E-state index contributed by atoms with van der Waals surface area (Å²) in [5, 5.41) is 6.40. The first kappa shape index (κ1) is 16.4. The van der Waals surface area contributed by atoms with Gasteiger partial charge in [0, 0.05) is 30.5 Å². The van der Waals surface area contributed by atoms with Gasteiger partial charge in [0.15, 0.2) is 0 Å². The lowest BCUT2D eigenvalue weighted by atomic mass is 9.84. The van der Waals surface area contributed by atoms with Crippen LogP contribution in [0.2, 0.25) is 0 Å². The molecule has 1 aromatic carbocycles. The first-order chi connectivity index (χ1) is 11.0. The van der Waals surface area contributed by atoms with E-state index in [2.05, 4.69) is 21.5 Å². The van der Waals surface area contributed by atoms with Crippen LogP contribution in [0.15, 0.2) is 24.3 Å². The van der Waals surface area contributed by atoms with Gasteiger partial charge in [0.25, 0.3) is 0 Å². The molecule has 1 aromatic rings. The Hall–Kier alpha value is -1.50. The van der Waals surface area contributed by atoms with Crippen LogP contribution in [-0.2, 0) is 10.2 Å². The first-order valence-corrected chi connectivity index (χ1v) is 8.23. The zero-order valence-electron chi connectivity index (χ0n) is 13.7. The summed E-state index contributed by atoms with van der Waals surface area (Å²) in [5.74, 6) is 0.0484. The highest BCUT2D eigenvalue weighted by Gasteiger charge is 2.41. The van der Waals surface area contributed by atoms with Crippen LogP contribution in [0.5, 0.6) is 0 Å². The summed E-state index contributed by atoms with van der Waals surface area (Å²) in [6.45, 7) is 6.45. The van der Waals surface area contributed by atoms with Gasteiger partial charge in [0.2, 0.25) is 5.91 Å².